The molecule has 1 N–H and O–H groups in total. The lowest BCUT2D eigenvalue weighted by Gasteiger charge is -2.05. The molecule has 0 aromatic heterocycles. The molecule has 0 spiro atoms. The summed E-state index contributed by atoms with van der Waals surface area (Å²) >= 11 is 0. The lowest BCUT2D eigenvalue weighted by Crippen LogP contribution is -2.20. The van der Waals surface area contributed by atoms with E-state index in [1.54, 1.807) is 0 Å². The van der Waals surface area contributed by atoms with E-state index in [0.717, 1.165) is 32.1 Å². The number of hydrogen-bond donors (Lipinski definition) is 1. The molecule has 106 valence electrons. The van der Waals surface area contributed by atoms with Crippen LogP contribution in [-0.2, 0) is 14.3 Å². The summed E-state index contributed by atoms with van der Waals surface area (Å²) in [6.07, 6.45) is 7.72. The van der Waals surface area contributed by atoms with Crippen LogP contribution in [0.2, 0.25) is 0 Å². The van der Waals surface area contributed by atoms with Crippen LogP contribution in [-0.4, -0.2) is 25.0 Å². The zero-order chi connectivity index (χ0) is 13.6. The number of esters is 1. The summed E-state index contributed by atoms with van der Waals surface area (Å²) in [4.78, 5) is 21.9. The fourth-order valence-corrected chi connectivity index (χ4v) is 1.62. The Bertz CT molecular complexity index is 229. The molecule has 0 fully saturated rings. The van der Waals surface area contributed by atoms with Crippen LogP contribution in [0.4, 0.5) is 0 Å². The van der Waals surface area contributed by atoms with Gasteiger partial charge in [0.15, 0.2) is 0 Å². The minimum Gasteiger partial charge on any atom is -0.466 e. The van der Waals surface area contributed by atoms with Crippen LogP contribution in [0.15, 0.2) is 0 Å². The van der Waals surface area contributed by atoms with Gasteiger partial charge in [-0.05, 0) is 19.3 Å². The third-order valence-electron chi connectivity index (χ3n) is 2.69. The van der Waals surface area contributed by atoms with Gasteiger partial charge in [0.05, 0.1) is 6.61 Å². The highest BCUT2D eigenvalue weighted by atomic mass is 16.5. The first-order valence-corrected chi connectivity index (χ1v) is 7.07. The Morgan fingerprint density at radius 1 is 1.00 bits per heavy atom. The Kier molecular flexibility index (Phi) is 11.7. The summed E-state index contributed by atoms with van der Waals surface area (Å²) in [6.45, 7) is 4.93. The highest BCUT2D eigenvalue weighted by molar-refractivity contribution is 5.72. The van der Waals surface area contributed by atoms with Gasteiger partial charge in [-0.3, -0.25) is 9.59 Å². The van der Waals surface area contributed by atoms with Crippen molar-refractivity contribution in [3.05, 3.63) is 0 Å². The van der Waals surface area contributed by atoms with E-state index in [9.17, 15) is 9.59 Å². The van der Waals surface area contributed by atoms with E-state index in [1.807, 2.05) is 0 Å². The standard InChI is InChI=1S/C14H27NO3/c1-3-4-5-9-12-18-14(17)10-7-6-8-11-15-13(2)16/h3-12H2,1-2H3,(H,15,16). The van der Waals surface area contributed by atoms with Crippen molar-refractivity contribution in [3.8, 4) is 0 Å². The summed E-state index contributed by atoms with van der Waals surface area (Å²) < 4.78 is 5.12. The molecule has 0 aliphatic heterocycles. The average molecular weight is 257 g/mol. The van der Waals surface area contributed by atoms with Crippen molar-refractivity contribution >= 4 is 11.9 Å². The van der Waals surface area contributed by atoms with Crippen molar-refractivity contribution in [1.29, 1.82) is 0 Å². The van der Waals surface area contributed by atoms with Crippen molar-refractivity contribution < 1.29 is 14.3 Å². The maximum atomic E-state index is 11.3. The van der Waals surface area contributed by atoms with Gasteiger partial charge in [-0.2, -0.15) is 0 Å². The molecular formula is C14H27NO3. The predicted molar refractivity (Wildman–Crippen MR) is 72.3 cm³/mol. The van der Waals surface area contributed by atoms with Crippen molar-refractivity contribution in [3.63, 3.8) is 0 Å². The number of rotatable bonds is 11. The number of nitrogens with one attached hydrogen (secondary N) is 1. The van der Waals surface area contributed by atoms with Crippen LogP contribution in [0.5, 0.6) is 0 Å². The first-order chi connectivity index (χ1) is 8.66. The number of hydrogen-bond acceptors (Lipinski definition) is 3. The van der Waals surface area contributed by atoms with Crippen molar-refractivity contribution in [1.82, 2.24) is 5.32 Å². The maximum Gasteiger partial charge on any atom is 0.305 e. The second-order valence-electron chi connectivity index (χ2n) is 4.57. The average Bonchev–Trinajstić information content (AvgIpc) is 2.33. The smallest absolute Gasteiger partial charge is 0.305 e. The number of amides is 1. The molecule has 0 aliphatic carbocycles. The Balaban J connectivity index is 3.19. The molecule has 0 radical (unpaired) electrons. The predicted octanol–water partition coefficient (Wildman–Crippen LogP) is 2.81. The van der Waals surface area contributed by atoms with E-state index in [2.05, 4.69) is 12.2 Å². The monoisotopic (exact) mass is 257 g/mol. The quantitative estimate of drug-likeness (QED) is 0.457. The fourth-order valence-electron chi connectivity index (χ4n) is 1.62. The topological polar surface area (TPSA) is 55.4 Å². The lowest BCUT2D eigenvalue weighted by molar-refractivity contribution is -0.143. The summed E-state index contributed by atoms with van der Waals surface area (Å²) in [7, 11) is 0. The highest BCUT2D eigenvalue weighted by Crippen LogP contribution is 2.03. The van der Waals surface area contributed by atoms with E-state index in [-0.39, 0.29) is 11.9 Å². The molecule has 0 aromatic carbocycles. The zero-order valence-electron chi connectivity index (χ0n) is 11.8. The molecule has 0 saturated carbocycles. The summed E-state index contributed by atoms with van der Waals surface area (Å²) in [6, 6.07) is 0. The van der Waals surface area contributed by atoms with E-state index in [0.29, 0.717) is 19.6 Å². The third kappa shape index (κ3) is 13.0. The summed E-state index contributed by atoms with van der Waals surface area (Å²) in [5.41, 5.74) is 0. The Morgan fingerprint density at radius 2 is 1.72 bits per heavy atom. The number of carbonyl (C=O) groups is 2. The SMILES string of the molecule is CCCCCCOC(=O)CCCCCNC(C)=O. The van der Waals surface area contributed by atoms with Gasteiger partial charge in [-0.15, -0.1) is 0 Å². The van der Waals surface area contributed by atoms with Crippen LogP contribution < -0.4 is 5.32 Å². The van der Waals surface area contributed by atoms with E-state index in [4.69, 9.17) is 4.74 Å². The van der Waals surface area contributed by atoms with Gasteiger partial charge in [0.1, 0.15) is 0 Å². The third-order valence-corrected chi connectivity index (χ3v) is 2.69. The molecule has 1 amide bonds. The zero-order valence-corrected chi connectivity index (χ0v) is 11.8. The number of carbonyl (C=O) groups excluding carboxylic acids is 2. The Hall–Kier alpha value is -1.06. The van der Waals surface area contributed by atoms with Crippen LogP contribution >= 0.6 is 0 Å². The molecule has 0 aromatic rings. The Morgan fingerprint density at radius 3 is 2.39 bits per heavy atom. The van der Waals surface area contributed by atoms with Crippen molar-refractivity contribution in [2.45, 2.75) is 65.2 Å². The lowest BCUT2D eigenvalue weighted by atomic mass is 10.2. The fraction of sp³-hybridized carbons (Fsp3) is 0.857. The number of ether oxygens (including phenoxy) is 1. The molecule has 0 aliphatic rings. The van der Waals surface area contributed by atoms with E-state index < -0.39 is 0 Å². The molecular weight excluding hydrogens is 230 g/mol. The first-order valence-electron chi connectivity index (χ1n) is 7.07. The van der Waals surface area contributed by atoms with Crippen LogP contribution in [0.25, 0.3) is 0 Å². The van der Waals surface area contributed by atoms with E-state index >= 15 is 0 Å². The highest BCUT2D eigenvalue weighted by Gasteiger charge is 2.02. The van der Waals surface area contributed by atoms with Crippen molar-refractivity contribution in [2.75, 3.05) is 13.2 Å². The van der Waals surface area contributed by atoms with Gasteiger partial charge in [0, 0.05) is 19.9 Å². The van der Waals surface area contributed by atoms with Gasteiger partial charge in [0.25, 0.3) is 0 Å². The first kappa shape index (κ1) is 16.9. The molecule has 4 nitrogen and oxygen atoms in total. The van der Waals surface area contributed by atoms with Crippen LogP contribution in [0.1, 0.15) is 65.2 Å². The van der Waals surface area contributed by atoms with Gasteiger partial charge in [-0.25, -0.2) is 0 Å². The van der Waals surface area contributed by atoms with Crippen molar-refractivity contribution in [2.24, 2.45) is 0 Å². The summed E-state index contributed by atoms with van der Waals surface area (Å²) in [5.74, 6) is -0.0903. The molecule has 0 unspecified atom stereocenters. The van der Waals surface area contributed by atoms with Gasteiger partial charge in [-0.1, -0.05) is 32.6 Å². The second kappa shape index (κ2) is 12.4. The van der Waals surface area contributed by atoms with Gasteiger partial charge < -0.3 is 10.1 Å². The molecule has 0 saturated heterocycles. The molecule has 0 atom stereocenters. The van der Waals surface area contributed by atoms with E-state index in [1.165, 1.54) is 19.8 Å². The minimum atomic E-state index is -0.0916. The normalized spacial score (nSPS) is 10.1. The molecule has 4 heteroatoms. The molecule has 0 rings (SSSR count). The van der Waals surface area contributed by atoms with Gasteiger partial charge in [0.2, 0.25) is 5.91 Å². The molecule has 18 heavy (non-hydrogen) atoms. The summed E-state index contributed by atoms with van der Waals surface area (Å²) in [5, 5.41) is 2.73. The number of unbranched alkanes of at least 4 members (excludes halogenated alkanes) is 5. The molecule has 0 heterocycles. The second-order valence-corrected chi connectivity index (χ2v) is 4.57. The Labute approximate surface area is 110 Å². The van der Waals surface area contributed by atoms with Crippen LogP contribution in [0, 0.1) is 0 Å². The maximum absolute atomic E-state index is 11.3. The van der Waals surface area contributed by atoms with Crippen LogP contribution in [0.3, 0.4) is 0 Å². The largest absolute Gasteiger partial charge is 0.466 e. The van der Waals surface area contributed by atoms with Gasteiger partial charge >= 0.3 is 5.97 Å². The molecule has 0 bridgehead atoms. The minimum absolute atomic E-state index is 0.00138.